The summed E-state index contributed by atoms with van der Waals surface area (Å²) >= 11 is 0. The minimum atomic E-state index is -0.814. The molecule has 0 aromatic rings. The zero-order valence-electron chi connectivity index (χ0n) is 50.6. The average Bonchev–Trinajstić information content (AvgIpc) is 3.44. The van der Waals surface area contributed by atoms with Crippen LogP contribution in [0.3, 0.4) is 0 Å². The van der Waals surface area contributed by atoms with Gasteiger partial charge in [-0.1, -0.05) is 264 Å². The van der Waals surface area contributed by atoms with Gasteiger partial charge < -0.3 is 14.2 Å². The van der Waals surface area contributed by atoms with Crippen molar-refractivity contribution in [3.63, 3.8) is 0 Å². The lowest BCUT2D eigenvalue weighted by atomic mass is 10.1. The van der Waals surface area contributed by atoms with Gasteiger partial charge in [0.2, 0.25) is 0 Å². The average molecular weight is 1080 g/mol. The summed E-state index contributed by atoms with van der Waals surface area (Å²) in [5.74, 6) is -0.983. The first-order chi connectivity index (χ1) is 38.5. The minimum absolute atomic E-state index is 0.106. The Labute approximate surface area is 481 Å². The van der Waals surface area contributed by atoms with Gasteiger partial charge in [-0.3, -0.25) is 14.4 Å². The zero-order chi connectivity index (χ0) is 56.4. The molecule has 0 saturated heterocycles. The van der Waals surface area contributed by atoms with Crippen molar-refractivity contribution >= 4 is 17.9 Å². The molecule has 0 amide bonds. The molecule has 0 aliphatic rings. The Kier molecular flexibility index (Phi) is 61.4. The third-order valence-electron chi connectivity index (χ3n) is 13.4. The molecule has 0 rings (SSSR count). The Morgan fingerprint density at radius 3 is 0.846 bits per heavy atom. The topological polar surface area (TPSA) is 78.9 Å². The maximum Gasteiger partial charge on any atom is 0.306 e. The SMILES string of the molecule is CC/C=C\C/C=C\C/C=C\C/C=C\C/C=C\C/C=C\C/C=C\C/C=C\C/C=C\CCCC(=O)OCC(COC(=O)CCCCCCC/C=C\CCCCCCCC)OC(=O)CCCCCCC/C=C\CCCCCCCCC. The molecule has 0 saturated carbocycles. The van der Waals surface area contributed by atoms with E-state index in [0.29, 0.717) is 19.3 Å². The number of carbonyl (C=O) groups excluding carboxylic acids is 3. The van der Waals surface area contributed by atoms with E-state index in [-0.39, 0.29) is 37.5 Å². The van der Waals surface area contributed by atoms with Crippen LogP contribution in [-0.2, 0) is 28.6 Å². The quantitative estimate of drug-likeness (QED) is 0.0261. The Balaban J connectivity index is 4.47. The number of allylic oxidation sites excluding steroid dienone is 22. The van der Waals surface area contributed by atoms with Crippen LogP contribution in [0, 0.1) is 0 Å². The molecule has 0 spiro atoms. The van der Waals surface area contributed by atoms with Gasteiger partial charge in [0.1, 0.15) is 13.2 Å². The Bertz CT molecular complexity index is 1670. The van der Waals surface area contributed by atoms with Gasteiger partial charge >= 0.3 is 17.9 Å². The molecule has 1 atom stereocenters. The summed E-state index contributed by atoms with van der Waals surface area (Å²) in [4.78, 5) is 38.3. The number of hydrogen-bond acceptors (Lipinski definition) is 6. The van der Waals surface area contributed by atoms with E-state index in [9.17, 15) is 14.4 Å². The van der Waals surface area contributed by atoms with Crippen LogP contribution in [0.4, 0.5) is 0 Å². The summed E-state index contributed by atoms with van der Waals surface area (Å²) in [6.45, 7) is 6.46. The molecule has 0 aliphatic carbocycles. The monoisotopic (exact) mass is 1080 g/mol. The predicted octanol–water partition coefficient (Wildman–Crippen LogP) is 22.2. The molecule has 0 radical (unpaired) electrons. The molecular formula is C72H118O6. The van der Waals surface area contributed by atoms with Crippen molar-refractivity contribution in [3.8, 4) is 0 Å². The molecule has 0 fully saturated rings. The summed E-state index contributed by atoms with van der Waals surface area (Å²) in [5, 5.41) is 0. The Morgan fingerprint density at radius 2 is 0.513 bits per heavy atom. The molecule has 442 valence electrons. The van der Waals surface area contributed by atoms with Gasteiger partial charge in [-0.15, -0.1) is 0 Å². The van der Waals surface area contributed by atoms with Crippen LogP contribution in [0.25, 0.3) is 0 Å². The van der Waals surface area contributed by atoms with Crippen LogP contribution >= 0.6 is 0 Å². The molecule has 0 aromatic carbocycles. The van der Waals surface area contributed by atoms with Gasteiger partial charge in [-0.05, 0) is 135 Å². The third-order valence-corrected chi connectivity index (χ3v) is 13.4. The number of unbranched alkanes of at least 4 members (excludes halogenated alkanes) is 24. The van der Waals surface area contributed by atoms with E-state index < -0.39 is 6.10 Å². The summed E-state index contributed by atoms with van der Waals surface area (Å²) in [6.07, 6.45) is 91.7. The van der Waals surface area contributed by atoms with E-state index in [0.717, 1.165) is 128 Å². The highest BCUT2D eigenvalue weighted by Gasteiger charge is 2.19. The first-order valence-corrected chi connectivity index (χ1v) is 32.2. The minimum Gasteiger partial charge on any atom is -0.462 e. The largest absolute Gasteiger partial charge is 0.462 e. The fourth-order valence-corrected chi connectivity index (χ4v) is 8.55. The molecule has 0 bridgehead atoms. The van der Waals surface area contributed by atoms with Crippen molar-refractivity contribution in [3.05, 3.63) is 134 Å². The highest BCUT2D eigenvalue weighted by Crippen LogP contribution is 2.14. The maximum absolute atomic E-state index is 12.9. The molecule has 6 heteroatoms. The predicted molar refractivity (Wildman–Crippen MR) is 339 cm³/mol. The van der Waals surface area contributed by atoms with Crippen molar-refractivity contribution in [2.45, 2.75) is 290 Å². The van der Waals surface area contributed by atoms with E-state index in [1.807, 2.05) is 0 Å². The molecule has 1 unspecified atom stereocenters. The number of hydrogen-bond donors (Lipinski definition) is 0. The smallest absolute Gasteiger partial charge is 0.306 e. The molecule has 78 heavy (non-hydrogen) atoms. The van der Waals surface area contributed by atoms with Gasteiger partial charge in [0.05, 0.1) is 0 Å². The van der Waals surface area contributed by atoms with Crippen LogP contribution < -0.4 is 0 Å². The van der Waals surface area contributed by atoms with Crippen LogP contribution in [0.2, 0.25) is 0 Å². The third kappa shape index (κ3) is 62.4. The number of esters is 3. The van der Waals surface area contributed by atoms with Gasteiger partial charge in [-0.2, -0.15) is 0 Å². The fraction of sp³-hybridized carbons (Fsp3) is 0.653. The zero-order valence-corrected chi connectivity index (χ0v) is 50.6. The van der Waals surface area contributed by atoms with Crippen molar-refractivity contribution in [1.82, 2.24) is 0 Å². The van der Waals surface area contributed by atoms with E-state index >= 15 is 0 Å². The highest BCUT2D eigenvalue weighted by atomic mass is 16.6. The van der Waals surface area contributed by atoms with Crippen LogP contribution in [0.15, 0.2) is 134 Å². The van der Waals surface area contributed by atoms with Crippen molar-refractivity contribution in [2.24, 2.45) is 0 Å². The van der Waals surface area contributed by atoms with Gasteiger partial charge in [0, 0.05) is 19.3 Å². The lowest BCUT2D eigenvalue weighted by Gasteiger charge is -2.18. The van der Waals surface area contributed by atoms with E-state index in [2.05, 4.69) is 154 Å². The lowest BCUT2D eigenvalue weighted by molar-refractivity contribution is -0.167. The molecule has 0 aliphatic heterocycles. The van der Waals surface area contributed by atoms with Gasteiger partial charge in [-0.25, -0.2) is 0 Å². The Hall–Kier alpha value is -4.45. The van der Waals surface area contributed by atoms with Gasteiger partial charge in [0.15, 0.2) is 6.10 Å². The standard InChI is InChI=1S/C72H118O6/c1-4-7-10-13-16-19-22-25-28-30-31-32-33-34-35-36-37-38-39-40-41-42-45-47-50-53-56-59-62-65-71(74)77-68-69(67-76-70(73)64-61-58-55-52-49-46-43-27-24-21-18-15-12-9-6-3)78-72(75)66-63-60-57-54-51-48-44-29-26-23-20-17-14-11-8-5-2/h7,10,16,19,25,27-29,31-32,34-35,37-38,40-41,43-45,47,53,56,69H,4-6,8-9,11-15,17-18,20-24,26,30,33,36,39,42,46,48-52,54-55,57-68H2,1-3H3/b10-7-,19-16-,28-25-,32-31-,35-34-,38-37-,41-40-,43-27-,44-29-,47-45-,56-53-. The molecule has 0 N–H and O–H groups in total. The second kappa shape index (κ2) is 65.1. The molecule has 6 nitrogen and oxygen atoms in total. The molecule has 0 heterocycles. The van der Waals surface area contributed by atoms with E-state index in [4.69, 9.17) is 14.2 Å². The first-order valence-electron chi connectivity index (χ1n) is 32.2. The second-order valence-electron chi connectivity index (χ2n) is 20.9. The molecular weight excluding hydrogens is 961 g/mol. The lowest BCUT2D eigenvalue weighted by Crippen LogP contribution is -2.30. The number of carbonyl (C=O) groups is 3. The van der Waals surface area contributed by atoms with Crippen molar-refractivity contribution < 1.29 is 28.6 Å². The fourth-order valence-electron chi connectivity index (χ4n) is 8.55. The normalized spacial score (nSPS) is 13.0. The van der Waals surface area contributed by atoms with Crippen LogP contribution in [0.5, 0.6) is 0 Å². The summed E-state index contributed by atoms with van der Waals surface area (Å²) in [7, 11) is 0. The van der Waals surface area contributed by atoms with E-state index in [1.54, 1.807) is 0 Å². The van der Waals surface area contributed by atoms with Crippen molar-refractivity contribution in [1.29, 1.82) is 0 Å². The summed E-state index contributed by atoms with van der Waals surface area (Å²) in [6, 6.07) is 0. The van der Waals surface area contributed by atoms with E-state index in [1.165, 1.54) is 109 Å². The first kappa shape index (κ1) is 73.5. The summed E-state index contributed by atoms with van der Waals surface area (Å²) < 4.78 is 16.8. The molecule has 0 aromatic heterocycles. The number of rotatable bonds is 57. The number of ether oxygens (including phenoxy) is 3. The van der Waals surface area contributed by atoms with Gasteiger partial charge in [0.25, 0.3) is 0 Å². The second-order valence-corrected chi connectivity index (χ2v) is 20.9. The van der Waals surface area contributed by atoms with Crippen molar-refractivity contribution in [2.75, 3.05) is 13.2 Å². The Morgan fingerprint density at radius 1 is 0.269 bits per heavy atom. The van der Waals surface area contributed by atoms with Crippen LogP contribution in [0.1, 0.15) is 284 Å². The van der Waals surface area contributed by atoms with Crippen LogP contribution in [-0.4, -0.2) is 37.2 Å². The highest BCUT2D eigenvalue weighted by molar-refractivity contribution is 5.71. The summed E-state index contributed by atoms with van der Waals surface area (Å²) in [5.41, 5.74) is 0. The maximum atomic E-state index is 12.9.